The van der Waals surface area contributed by atoms with Gasteiger partial charge in [-0.25, -0.2) is 23.4 Å². The summed E-state index contributed by atoms with van der Waals surface area (Å²) in [5.41, 5.74) is 0.241. The Morgan fingerprint density at radius 1 is 0.842 bits per heavy atom. The first-order valence-electron chi connectivity index (χ1n) is 11.7. The molecule has 0 atom stereocenters. The van der Waals surface area contributed by atoms with Crippen LogP contribution in [0.5, 0.6) is 0 Å². The fourth-order valence-corrected chi connectivity index (χ4v) is 4.25. The topological polar surface area (TPSA) is 67.2 Å². The third-order valence-electron chi connectivity index (χ3n) is 6.19. The van der Waals surface area contributed by atoms with Gasteiger partial charge in [0.2, 0.25) is 5.91 Å². The maximum Gasteiger partial charge on any atom is 0.419 e. The quantitative estimate of drug-likeness (QED) is 0.353. The summed E-state index contributed by atoms with van der Waals surface area (Å²) >= 11 is 0. The standard InChI is InChI=1S/C26H21F5N6O/c27-19-7-3-17(4-8-19)23-33-24(18-5-9-20(28)10-6-18)37(34-23)16-22(38)35-12-14-36(15-13-35)25-21(26(29,30)31)2-1-11-32-25/h1-11H,12-16H2. The number of nitrogens with zero attached hydrogens (tertiary/aromatic N) is 6. The van der Waals surface area contributed by atoms with Gasteiger partial charge in [0.05, 0.1) is 5.56 Å². The van der Waals surface area contributed by atoms with Crippen LogP contribution in [-0.2, 0) is 17.5 Å². The zero-order chi connectivity index (χ0) is 26.9. The number of pyridine rings is 1. The van der Waals surface area contributed by atoms with Crippen molar-refractivity contribution in [1.29, 1.82) is 0 Å². The number of alkyl halides is 3. The van der Waals surface area contributed by atoms with Crippen molar-refractivity contribution >= 4 is 11.7 Å². The Labute approximate surface area is 214 Å². The van der Waals surface area contributed by atoms with Crippen LogP contribution in [0.25, 0.3) is 22.8 Å². The molecule has 12 heteroatoms. The highest BCUT2D eigenvalue weighted by Gasteiger charge is 2.36. The van der Waals surface area contributed by atoms with Crippen LogP contribution in [0, 0.1) is 11.6 Å². The van der Waals surface area contributed by atoms with E-state index >= 15 is 0 Å². The van der Waals surface area contributed by atoms with Gasteiger partial charge in [0.25, 0.3) is 0 Å². The molecule has 3 heterocycles. The second kappa shape index (κ2) is 10.2. The molecule has 1 aliphatic heterocycles. The summed E-state index contributed by atoms with van der Waals surface area (Å²) in [5, 5.41) is 4.44. The van der Waals surface area contributed by atoms with Gasteiger partial charge in [0, 0.05) is 43.5 Å². The highest BCUT2D eigenvalue weighted by Crippen LogP contribution is 2.35. The number of benzene rings is 2. The molecule has 0 unspecified atom stereocenters. The molecule has 2 aromatic carbocycles. The van der Waals surface area contributed by atoms with E-state index in [2.05, 4.69) is 15.1 Å². The summed E-state index contributed by atoms with van der Waals surface area (Å²) in [5.74, 6) is -0.744. The predicted molar refractivity (Wildman–Crippen MR) is 129 cm³/mol. The minimum atomic E-state index is -4.54. The average Bonchev–Trinajstić information content (AvgIpc) is 3.32. The normalized spacial score (nSPS) is 14.1. The summed E-state index contributed by atoms with van der Waals surface area (Å²) in [6, 6.07) is 13.3. The van der Waals surface area contributed by atoms with Crippen LogP contribution in [0.3, 0.4) is 0 Å². The predicted octanol–water partition coefficient (Wildman–Crippen LogP) is 4.65. The van der Waals surface area contributed by atoms with Crippen molar-refractivity contribution in [3.63, 3.8) is 0 Å². The fourth-order valence-electron chi connectivity index (χ4n) is 4.25. The molecule has 0 spiro atoms. The SMILES string of the molecule is O=C(Cn1nc(-c2ccc(F)cc2)nc1-c1ccc(F)cc1)N1CCN(c2ncccc2C(F)(F)F)CC1. The third-order valence-corrected chi connectivity index (χ3v) is 6.19. The molecular weight excluding hydrogens is 507 g/mol. The lowest BCUT2D eigenvalue weighted by Gasteiger charge is -2.36. The fraction of sp³-hybridized carbons (Fsp3) is 0.231. The van der Waals surface area contributed by atoms with Gasteiger partial charge in [-0.15, -0.1) is 5.10 Å². The van der Waals surface area contributed by atoms with Gasteiger partial charge in [-0.05, 0) is 60.7 Å². The zero-order valence-electron chi connectivity index (χ0n) is 19.9. The van der Waals surface area contributed by atoms with Gasteiger partial charge >= 0.3 is 6.18 Å². The Kier molecular flexibility index (Phi) is 6.79. The maximum atomic E-state index is 13.5. The number of anilines is 1. The Morgan fingerprint density at radius 2 is 1.45 bits per heavy atom. The van der Waals surface area contributed by atoms with Gasteiger partial charge in [0.1, 0.15) is 24.0 Å². The largest absolute Gasteiger partial charge is 0.419 e. The number of hydrogen-bond acceptors (Lipinski definition) is 5. The molecule has 5 rings (SSSR count). The van der Waals surface area contributed by atoms with Crippen molar-refractivity contribution in [1.82, 2.24) is 24.6 Å². The van der Waals surface area contributed by atoms with Gasteiger partial charge in [0.15, 0.2) is 11.6 Å². The van der Waals surface area contributed by atoms with Crippen LogP contribution >= 0.6 is 0 Å². The van der Waals surface area contributed by atoms with Crippen LogP contribution in [0.4, 0.5) is 27.8 Å². The molecule has 0 aliphatic carbocycles. The first-order chi connectivity index (χ1) is 18.2. The van der Waals surface area contributed by atoms with Crippen molar-refractivity contribution in [2.75, 3.05) is 31.1 Å². The molecule has 0 saturated carbocycles. The van der Waals surface area contributed by atoms with E-state index in [1.54, 1.807) is 4.90 Å². The Hall–Kier alpha value is -4.35. The molecule has 1 saturated heterocycles. The lowest BCUT2D eigenvalue weighted by atomic mass is 10.2. The van der Waals surface area contributed by atoms with Gasteiger partial charge in [-0.3, -0.25) is 4.79 Å². The molecule has 2 aromatic heterocycles. The molecular formula is C26H21F5N6O. The number of carbonyl (C=O) groups excluding carboxylic acids is 1. The first-order valence-corrected chi connectivity index (χ1v) is 11.7. The van der Waals surface area contributed by atoms with Gasteiger partial charge < -0.3 is 9.80 Å². The lowest BCUT2D eigenvalue weighted by Crippen LogP contribution is -2.50. The van der Waals surface area contributed by atoms with Gasteiger partial charge in [-0.2, -0.15) is 13.2 Å². The van der Waals surface area contributed by atoms with E-state index in [4.69, 9.17) is 0 Å². The second-order valence-corrected chi connectivity index (χ2v) is 8.67. The number of halogens is 5. The van der Waals surface area contributed by atoms with E-state index in [0.717, 1.165) is 6.07 Å². The Bertz CT molecular complexity index is 1430. The van der Waals surface area contributed by atoms with E-state index in [-0.39, 0.29) is 50.3 Å². The molecule has 0 N–H and O–H groups in total. The monoisotopic (exact) mass is 528 g/mol. The Morgan fingerprint density at radius 3 is 2.05 bits per heavy atom. The Balaban J connectivity index is 1.35. The van der Waals surface area contributed by atoms with E-state index in [0.29, 0.717) is 17.0 Å². The first kappa shape index (κ1) is 25.3. The number of piperazine rings is 1. The van der Waals surface area contributed by atoms with E-state index in [1.165, 1.54) is 70.4 Å². The third kappa shape index (κ3) is 5.34. The van der Waals surface area contributed by atoms with E-state index < -0.39 is 23.4 Å². The van der Waals surface area contributed by atoms with E-state index in [1.807, 2.05) is 0 Å². The molecule has 196 valence electrons. The number of amides is 1. The smallest absolute Gasteiger partial charge is 0.353 e. The summed E-state index contributed by atoms with van der Waals surface area (Å²) in [6.45, 7) is 0.540. The summed E-state index contributed by atoms with van der Waals surface area (Å²) in [4.78, 5) is 24.7. The highest BCUT2D eigenvalue weighted by molar-refractivity contribution is 5.77. The van der Waals surface area contributed by atoms with Crippen LogP contribution in [-0.4, -0.2) is 56.7 Å². The zero-order valence-corrected chi connectivity index (χ0v) is 19.9. The highest BCUT2D eigenvalue weighted by atomic mass is 19.4. The maximum absolute atomic E-state index is 13.5. The van der Waals surface area contributed by atoms with Crippen LogP contribution in [0.15, 0.2) is 66.9 Å². The van der Waals surface area contributed by atoms with Crippen molar-refractivity contribution < 1.29 is 26.7 Å². The minimum Gasteiger partial charge on any atom is -0.353 e. The van der Waals surface area contributed by atoms with Crippen molar-refractivity contribution in [3.8, 4) is 22.8 Å². The lowest BCUT2D eigenvalue weighted by molar-refractivity contribution is -0.137. The summed E-state index contributed by atoms with van der Waals surface area (Å²) < 4.78 is 68.5. The van der Waals surface area contributed by atoms with Crippen molar-refractivity contribution in [3.05, 3.63) is 84.1 Å². The van der Waals surface area contributed by atoms with Crippen LogP contribution < -0.4 is 4.90 Å². The number of hydrogen-bond donors (Lipinski definition) is 0. The van der Waals surface area contributed by atoms with Crippen molar-refractivity contribution in [2.24, 2.45) is 0 Å². The molecule has 0 radical (unpaired) electrons. The van der Waals surface area contributed by atoms with Gasteiger partial charge in [-0.1, -0.05) is 0 Å². The summed E-state index contributed by atoms with van der Waals surface area (Å²) in [6.07, 6.45) is -3.23. The second-order valence-electron chi connectivity index (χ2n) is 8.67. The molecule has 0 bridgehead atoms. The minimum absolute atomic E-state index is 0.161. The molecule has 4 aromatic rings. The number of carbonyl (C=O) groups is 1. The number of rotatable bonds is 5. The number of aromatic nitrogens is 4. The molecule has 38 heavy (non-hydrogen) atoms. The summed E-state index contributed by atoms with van der Waals surface area (Å²) in [7, 11) is 0. The molecule has 1 fully saturated rings. The van der Waals surface area contributed by atoms with E-state index in [9.17, 15) is 26.7 Å². The molecule has 1 amide bonds. The van der Waals surface area contributed by atoms with Crippen molar-refractivity contribution in [2.45, 2.75) is 12.7 Å². The molecule has 7 nitrogen and oxygen atoms in total. The van der Waals surface area contributed by atoms with Crippen LogP contribution in [0.1, 0.15) is 5.56 Å². The van der Waals surface area contributed by atoms with Crippen LogP contribution in [0.2, 0.25) is 0 Å². The average molecular weight is 528 g/mol. The molecule has 1 aliphatic rings.